The van der Waals surface area contributed by atoms with Crippen LogP contribution in [-0.2, 0) is 0 Å². The van der Waals surface area contributed by atoms with Gasteiger partial charge < -0.3 is 0 Å². The van der Waals surface area contributed by atoms with Crippen molar-refractivity contribution in [3.63, 3.8) is 0 Å². The predicted octanol–water partition coefficient (Wildman–Crippen LogP) is 1.23. The highest BCUT2D eigenvalue weighted by atomic mass is 15.1. The highest BCUT2D eigenvalue weighted by Gasteiger charge is 1.89. The van der Waals surface area contributed by atoms with Gasteiger partial charge in [0, 0.05) is 11.5 Å². The first-order chi connectivity index (χ1) is 4.97. The normalized spacial score (nSPS) is 10.0. The van der Waals surface area contributed by atoms with Crippen molar-refractivity contribution >= 4 is 10.9 Å². The third-order valence-electron chi connectivity index (χ3n) is 1.30. The summed E-state index contributed by atoms with van der Waals surface area (Å²) >= 11 is 0. The van der Waals surface area contributed by atoms with E-state index >= 15 is 0 Å². The van der Waals surface area contributed by atoms with Crippen molar-refractivity contribution in [3.8, 4) is 0 Å². The molecule has 0 aliphatic rings. The second-order valence-electron chi connectivity index (χ2n) is 1.95. The lowest BCUT2D eigenvalue weighted by molar-refractivity contribution is 1.06. The molecule has 2 nitrogen and oxygen atoms in total. The first-order valence-corrected chi connectivity index (χ1v) is 2.97. The van der Waals surface area contributed by atoms with Crippen LogP contribution in [0.15, 0.2) is 24.3 Å². The Bertz CT molecular complexity index is 278. The van der Waals surface area contributed by atoms with E-state index in [4.69, 9.17) is 0 Å². The van der Waals surface area contributed by atoms with Gasteiger partial charge >= 0.3 is 0 Å². The van der Waals surface area contributed by atoms with Gasteiger partial charge in [-0.2, -0.15) is 0 Å². The maximum atomic E-state index is 3.84. The number of hydrogen-bond acceptors (Lipinski definition) is 2. The topological polar surface area (TPSA) is 25.8 Å². The SMILES string of the molecule is [c]1[c]c2ccccc2nn1. The van der Waals surface area contributed by atoms with Crippen LogP contribution in [0.1, 0.15) is 0 Å². The van der Waals surface area contributed by atoms with Crippen LogP contribution < -0.4 is 0 Å². The Kier molecular flexibility index (Phi) is 1.10. The van der Waals surface area contributed by atoms with E-state index in [1.54, 1.807) is 0 Å². The van der Waals surface area contributed by atoms with Gasteiger partial charge in [-0.1, -0.05) is 18.2 Å². The minimum atomic E-state index is 0.862. The van der Waals surface area contributed by atoms with Crippen LogP contribution in [0, 0.1) is 12.3 Å². The number of aromatic nitrogens is 2. The van der Waals surface area contributed by atoms with E-state index in [1.807, 2.05) is 24.3 Å². The molecule has 0 saturated carbocycles. The second kappa shape index (κ2) is 2.06. The van der Waals surface area contributed by atoms with E-state index in [1.165, 1.54) is 0 Å². The molecule has 1 heterocycles. The molecule has 46 valence electrons. The molecule has 1 aromatic heterocycles. The molecule has 0 bridgehead atoms. The quantitative estimate of drug-likeness (QED) is 0.533. The van der Waals surface area contributed by atoms with Gasteiger partial charge in [0.1, 0.15) is 6.20 Å². The van der Waals surface area contributed by atoms with Crippen molar-refractivity contribution in [1.82, 2.24) is 10.2 Å². The molecule has 0 aliphatic carbocycles. The number of nitrogens with zero attached hydrogens (tertiary/aromatic N) is 2. The van der Waals surface area contributed by atoms with Gasteiger partial charge in [0.25, 0.3) is 0 Å². The van der Waals surface area contributed by atoms with Crippen LogP contribution in [0.3, 0.4) is 0 Å². The third kappa shape index (κ3) is 0.739. The summed E-state index contributed by atoms with van der Waals surface area (Å²) in [4.78, 5) is 0. The summed E-state index contributed by atoms with van der Waals surface area (Å²) in [5.41, 5.74) is 0.862. The minimum Gasteiger partial charge on any atom is -0.150 e. The van der Waals surface area contributed by atoms with Gasteiger partial charge in [-0.15, -0.1) is 10.2 Å². The zero-order valence-electron chi connectivity index (χ0n) is 5.20. The monoisotopic (exact) mass is 128 g/mol. The van der Waals surface area contributed by atoms with Crippen LogP contribution in [0.2, 0.25) is 0 Å². The molecule has 0 N–H and O–H groups in total. The van der Waals surface area contributed by atoms with Crippen molar-refractivity contribution in [1.29, 1.82) is 0 Å². The molecule has 1 aromatic carbocycles. The molecule has 10 heavy (non-hydrogen) atoms. The fraction of sp³-hybridized carbons (Fsp3) is 0. The van der Waals surface area contributed by atoms with Crippen molar-refractivity contribution in [2.45, 2.75) is 0 Å². The fourth-order valence-corrected chi connectivity index (χ4v) is 0.831. The van der Waals surface area contributed by atoms with E-state index in [9.17, 15) is 0 Å². The molecule has 0 unspecified atom stereocenters. The Hall–Kier alpha value is -1.44. The summed E-state index contributed by atoms with van der Waals surface area (Å²) in [7, 11) is 0. The lowest BCUT2D eigenvalue weighted by Crippen LogP contribution is -1.80. The third-order valence-corrected chi connectivity index (χ3v) is 1.30. The largest absolute Gasteiger partial charge is 0.150 e. The zero-order chi connectivity index (χ0) is 6.81. The Balaban J connectivity index is 2.89. The van der Waals surface area contributed by atoms with E-state index in [0.29, 0.717) is 0 Å². The maximum Gasteiger partial charge on any atom is 0.122 e. The molecule has 0 fully saturated rings. The molecule has 0 saturated heterocycles. The molecule has 0 spiro atoms. The van der Waals surface area contributed by atoms with Crippen LogP contribution in [0.4, 0.5) is 0 Å². The average molecular weight is 128 g/mol. The predicted molar refractivity (Wildman–Crippen MR) is 37.2 cm³/mol. The number of fused-ring (bicyclic) bond motifs is 1. The summed E-state index contributed by atoms with van der Waals surface area (Å²) in [6, 6.07) is 10.5. The Morgan fingerprint density at radius 2 is 2.10 bits per heavy atom. The number of rotatable bonds is 0. The molecule has 2 aromatic rings. The Morgan fingerprint density at radius 1 is 1.20 bits per heavy atom. The maximum absolute atomic E-state index is 3.84. The molecular weight excluding hydrogens is 124 g/mol. The summed E-state index contributed by atoms with van der Waals surface area (Å²) in [6.07, 6.45) is 2.55. The molecule has 0 atom stereocenters. The number of benzene rings is 1. The van der Waals surface area contributed by atoms with Crippen molar-refractivity contribution in [2.75, 3.05) is 0 Å². The van der Waals surface area contributed by atoms with Crippen molar-refractivity contribution in [3.05, 3.63) is 36.5 Å². The summed E-state index contributed by atoms with van der Waals surface area (Å²) in [6.45, 7) is 0. The lowest BCUT2D eigenvalue weighted by atomic mass is 10.2. The Labute approximate surface area is 58.5 Å². The van der Waals surface area contributed by atoms with Gasteiger partial charge in [0.05, 0.1) is 5.52 Å². The van der Waals surface area contributed by atoms with Gasteiger partial charge in [0.2, 0.25) is 0 Å². The van der Waals surface area contributed by atoms with E-state index < -0.39 is 0 Å². The van der Waals surface area contributed by atoms with Gasteiger partial charge in [-0.05, 0) is 6.07 Å². The van der Waals surface area contributed by atoms with E-state index in [-0.39, 0.29) is 0 Å². The smallest absolute Gasteiger partial charge is 0.122 e. The van der Waals surface area contributed by atoms with Gasteiger partial charge in [0.15, 0.2) is 0 Å². The number of hydrogen-bond donors (Lipinski definition) is 0. The molecule has 2 rings (SSSR count). The minimum absolute atomic E-state index is 0.862. The van der Waals surface area contributed by atoms with E-state index in [2.05, 4.69) is 22.5 Å². The van der Waals surface area contributed by atoms with Crippen LogP contribution in [0.5, 0.6) is 0 Å². The molecular formula is C8H4N2. The molecule has 0 aliphatic heterocycles. The molecule has 0 amide bonds. The molecule has 2 radical (unpaired) electrons. The van der Waals surface area contributed by atoms with Gasteiger partial charge in [-0.3, -0.25) is 0 Å². The zero-order valence-corrected chi connectivity index (χ0v) is 5.20. The highest BCUT2D eigenvalue weighted by molar-refractivity contribution is 5.76. The second-order valence-corrected chi connectivity index (χ2v) is 1.95. The van der Waals surface area contributed by atoms with Crippen LogP contribution in [0.25, 0.3) is 10.9 Å². The highest BCUT2D eigenvalue weighted by Crippen LogP contribution is 2.05. The van der Waals surface area contributed by atoms with Gasteiger partial charge in [-0.25, -0.2) is 0 Å². The lowest BCUT2D eigenvalue weighted by Gasteiger charge is -1.89. The first kappa shape index (κ1) is 5.35. The van der Waals surface area contributed by atoms with Crippen molar-refractivity contribution < 1.29 is 0 Å². The average Bonchev–Trinajstić information content (AvgIpc) is 2.05. The van der Waals surface area contributed by atoms with Crippen LogP contribution in [-0.4, -0.2) is 10.2 Å². The summed E-state index contributed by atoms with van der Waals surface area (Å²) in [5.74, 6) is 0. The van der Waals surface area contributed by atoms with E-state index in [0.717, 1.165) is 10.9 Å². The standard InChI is InChI=1S/C8H4N2/c1-2-4-8-7(3-1)5-6-9-10-8/h1-4H. The Morgan fingerprint density at radius 3 is 3.00 bits per heavy atom. The van der Waals surface area contributed by atoms with Crippen molar-refractivity contribution in [2.24, 2.45) is 0 Å². The van der Waals surface area contributed by atoms with Crippen LogP contribution >= 0.6 is 0 Å². The summed E-state index contributed by atoms with van der Waals surface area (Å²) < 4.78 is 0. The fourth-order valence-electron chi connectivity index (χ4n) is 0.831. The molecule has 2 heteroatoms. The first-order valence-electron chi connectivity index (χ1n) is 2.97. The summed E-state index contributed by atoms with van der Waals surface area (Å²) in [5, 5.41) is 8.38.